The first-order valence-electron chi connectivity index (χ1n) is 20.0. The Hall–Kier alpha value is -2.89. The molecule has 0 fully saturated rings. The summed E-state index contributed by atoms with van der Waals surface area (Å²) in [6.07, 6.45) is 22.2. The normalized spacial score (nSPS) is 14.3. The summed E-state index contributed by atoms with van der Waals surface area (Å²) in [6.45, 7) is 14.4. The number of hydrogen-bond donors (Lipinski definition) is 0. The summed E-state index contributed by atoms with van der Waals surface area (Å²) in [5, 5.41) is 0. The molecule has 0 saturated carbocycles. The molecule has 0 bridgehead atoms. The molecule has 2 aliphatic rings. The van der Waals surface area contributed by atoms with Crippen LogP contribution in [-0.4, -0.2) is 3.21 Å². The number of fused-ring (bicyclic) bond motifs is 3. The fourth-order valence-electron chi connectivity index (χ4n) is 9.03. The predicted molar refractivity (Wildman–Crippen MR) is 216 cm³/mol. The second-order valence-corrected chi connectivity index (χ2v) is 21.4. The molecule has 50 heavy (non-hydrogen) atoms. The van der Waals surface area contributed by atoms with Gasteiger partial charge in [-0.1, -0.05) is 0 Å². The van der Waals surface area contributed by atoms with Crippen LogP contribution in [0.4, 0.5) is 0 Å². The van der Waals surface area contributed by atoms with Crippen LogP contribution in [0.5, 0.6) is 0 Å². The number of unbranched alkanes of at least 4 members (excludes halogenated alkanes) is 2. The van der Waals surface area contributed by atoms with Crippen LogP contribution >= 0.6 is 0 Å². The van der Waals surface area contributed by atoms with E-state index in [9.17, 15) is 0 Å². The fourth-order valence-corrected chi connectivity index (χ4v) is 17.9. The zero-order valence-corrected chi connectivity index (χ0v) is 34.3. The van der Waals surface area contributed by atoms with Crippen molar-refractivity contribution in [3.05, 3.63) is 145 Å². The van der Waals surface area contributed by atoms with E-state index in [0.717, 1.165) is 12.8 Å². The molecule has 6 rings (SSSR count). The van der Waals surface area contributed by atoms with E-state index in [4.69, 9.17) is 0 Å². The molecule has 0 radical (unpaired) electrons. The van der Waals surface area contributed by atoms with Crippen molar-refractivity contribution in [1.29, 1.82) is 0 Å². The molecule has 1 heteroatoms. The number of hydrogen-bond acceptors (Lipinski definition) is 0. The van der Waals surface area contributed by atoms with E-state index in [-0.39, 0.29) is 0 Å². The molecule has 0 amide bonds. The summed E-state index contributed by atoms with van der Waals surface area (Å²) in [6, 6.07) is 30.7. The van der Waals surface area contributed by atoms with Crippen LogP contribution in [0.1, 0.15) is 155 Å². The average molecular weight is 740 g/mol. The third kappa shape index (κ3) is 7.80. The molecule has 2 unspecified atom stereocenters. The second-order valence-electron chi connectivity index (χ2n) is 15.0. The van der Waals surface area contributed by atoms with E-state index < -0.39 is 21.3 Å². The number of rotatable bonds is 16. The number of benzene rings is 4. The Morgan fingerprint density at radius 3 is 1.80 bits per heavy atom. The molecule has 2 aliphatic carbocycles. The van der Waals surface area contributed by atoms with Crippen LogP contribution in [0, 0.1) is 13.8 Å². The fraction of sp³-hybridized carbons (Fsp3) is 0.408. The van der Waals surface area contributed by atoms with Crippen LogP contribution in [0.15, 0.2) is 100 Å². The standard InChI is InChI=1S/C35H37.C9H18.C5H5.Zr/c1-5-13-30(26-15-9-7-10-16-26)32-22-34-28(19-24(32)3)21-29-20-25(4)33(23-35(29)34)31(14-6-2)27-17-11-8-12-18-27;1-3-5-7-9-8-6-4-2;1-2-4-5-3-1;/h7-12,15-19,22-23,30-31H,5-6,13-14,21H2,1-4H3;3-8H2,1-2H3;1-3H,4H2;. The second kappa shape index (κ2) is 17.6. The van der Waals surface area contributed by atoms with Crippen molar-refractivity contribution in [1.82, 2.24) is 0 Å². The van der Waals surface area contributed by atoms with Gasteiger partial charge in [0, 0.05) is 0 Å². The van der Waals surface area contributed by atoms with Gasteiger partial charge in [0.25, 0.3) is 0 Å². The molecule has 0 aromatic heterocycles. The van der Waals surface area contributed by atoms with E-state index in [0.29, 0.717) is 11.8 Å². The van der Waals surface area contributed by atoms with E-state index in [1.807, 2.05) is 9.76 Å². The molecule has 0 aliphatic heterocycles. The maximum absolute atomic E-state index is 2.70. The van der Waals surface area contributed by atoms with Gasteiger partial charge in [0.1, 0.15) is 0 Å². The van der Waals surface area contributed by atoms with Gasteiger partial charge in [-0.2, -0.15) is 0 Å². The van der Waals surface area contributed by atoms with Gasteiger partial charge >= 0.3 is 314 Å². The van der Waals surface area contributed by atoms with Crippen LogP contribution in [0.2, 0.25) is 0 Å². The molecule has 0 N–H and O–H groups in total. The summed E-state index contributed by atoms with van der Waals surface area (Å²) in [5.74, 6) is 0.854. The van der Waals surface area contributed by atoms with Gasteiger partial charge in [-0.25, -0.2) is 0 Å². The Labute approximate surface area is 312 Å². The van der Waals surface area contributed by atoms with E-state index >= 15 is 0 Å². The Bertz CT molecular complexity index is 1840. The van der Waals surface area contributed by atoms with Gasteiger partial charge in [-0.3, -0.25) is 0 Å². The molecule has 0 spiro atoms. The van der Waals surface area contributed by atoms with Crippen molar-refractivity contribution in [2.75, 3.05) is 0 Å². The van der Waals surface area contributed by atoms with Crippen LogP contribution in [-0.2, 0) is 27.7 Å². The minimum absolute atomic E-state index is 0.423. The minimum atomic E-state index is -2.44. The third-order valence-corrected chi connectivity index (χ3v) is 19.9. The van der Waals surface area contributed by atoms with E-state index in [2.05, 4.69) is 139 Å². The zero-order valence-electron chi connectivity index (χ0n) is 31.9. The topological polar surface area (TPSA) is 0 Å². The molecular weight excluding hydrogens is 680 g/mol. The van der Waals surface area contributed by atoms with Crippen molar-refractivity contribution in [2.24, 2.45) is 0 Å². The monoisotopic (exact) mass is 738 g/mol. The van der Waals surface area contributed by atoms with Gasteiger partial charge in [0.05, 0.1) is 0 Å². The molecular formula is C49H60Zr. The van der Waals surface area contributed by atoms with Crippen LogP contribution < -0.4 is 3.27 Å². The summed E-state index contributed by atoms with van der Waals surface area (Å²) < 4.78 is 5.63. The molecule has 0 saturated heterocycles. The number of allylic oxidation sites excluding steroid dienone is 4. The zero-order chi connectivity index (χ0) is 35.0. The van der Waals surface area contributed by atoms with Gasteiger partial charge in [-0.05, 0) is 0 Å². The average Bonchev–Trinajstić information content (AvgIpc) is 3.80. The van der Waals surface area contributed by atoms with Crippen molar-refractivity contribution >= 4 is 6.48 Å². The summed E-state index contributed by atoms with van der Waals surface area (Å²) in [4.78, 5) is 0. The van der Waals surface area contributed by atoms with Crippen molar-refractivity contribution in [3.8, 4) is 11.1 Å². The van der Waals surface area contributed by atoms with Gasteiger partial charge < -0.3 is 0 Å². The van der Waals surface area contributed by atoms with Crippen LogP contribution in [0.25, 0.3) is 11.1 Å². The first-order valence-corrected chi connectivity index (χ1v) is 23.7. The SMILES string of the molecule is CCCC[C](CCCC)=[Zr]([C]1=CC=CC1)[c]1c(C)c(C(CCC)c2ccccc2)cc2c1Cc1cc(C)c(C(CCC)c3ccccc3)cc1-2. The van der Waals surface area contributed by atoms with Gasteiger partial charge in [0.2, 0.25) is 0 Å². The van der Waals surface area contributed by atoms with Crippen LogP contribution in [0.3, 0.4) is 0 Å². The first kappa shape index (κ1) is 36.9. The summed E-state index contributed by atoms with van der Waals surface area (Å²) >= 11 is -2.44. The Kier molecular flexibility index (Phi) is 13.0. The Morgan fingerprint density at radius 1 is 0.680 bits per heavy atom. The molecule has 260 valence electrons. The maximum atomic E-state index is 2.70. The van der Waals surface area contributed by atoms with Crippen molar-refractivity contribution in [3.63, 3.8) is 0 Å². The Morgan fingerprint density at radius 2 is 1.26 bits per heavy atom. The van der Waals surface area contributed by atoms with Gasteiger partial charge in [-0.15, -0.1) is 0 Å². The number of aryl methyl sites for hydroxylation is 1. The molecule has 0 nitrogen and oxygen atoms in total. The molecule has 4 aromatic rings. The van der Waals surface area contributed by atoms with E-state index in [1.54, 1.807) is 27.8 Å². The first-order chi connectivity index (χ1) is 24.5. The Balaban J connectivity index is 1.65. The quantitative estimate of drug-likeness (QED) is 0.0945. The van der Waals surface area contributed by atoms with Crippen molar-refractivity contribution in [2.45, 2.75) is 130 Å². The van der Waals surface area contributed by atoms with Crippen molar-refractivity contribution < 1.29 is 21.3 Å². The predicted octanol–water partition coefficient (Wildman–Crippen LogP) is 13.4. The summed E-state index contributed by atoms with van der Waals surface area (Å²) in [5.41, 5.74) is 15.5. The molecule has 2 atom stereocenters. The third-order valence-electron chi connectivity index (χ3n) is 11.6. The molecule has 0 heterocycles. The summed E-state index contributed by atoms with van der Waals surface area (Å²) in [7, 11) is 0. The molecule has 4 aromatic carbocycles. The van der Waals surface area contributed by atoms with Gasteiger partial charge in [0.15, 0.2) is 0 Å². The van der Waals surface area contributed by atoms with E-state index in [1.165, 1.54) is 92.0 Å².